The van der Waals surface area contributed by atoms with E-state index in [0.717, 1.165) is 32.7 Å². The van der Waals surface area contributed by atoms with Crippen LogP contribution in [-0.2, 0) is 14.8 Å². The lowest BCUT2D eigenvalue weighted by molar-refractivity contribution is 0.0730. The van der Waals surface area contributed by atoms with Crippen LogP contribution in [0.5, 0.6) is 0 Å². The van der Waals surface area contributed by atoms with Crippen molar-refractivity contribution in [2.75, 3.05) is 65.6 Å². The molecule has 0 saturated carbocycles. The van der Waals surface area contributed by atoms with Gasteiger partial charge in [-0.1, -0.05) is 6.07 Å². The van der Waals surface area contributed by atoms with Gasteiger partial charge in [-0.15, -0.1) is 12.4 Å². The van der Waals surface area contributed by atoms with Crippen molar-refractivity contribution < 1.29 is 17.9 Å². The van der Waals surface area contributed by atoms with E-state index in [4.69, 9.17) is 4.74 Å². The van der Waals surface area contributed by atoms with Crippen LogP contribution in [0, 0.1) is 0 Å². The number of sulfonamides is 1. The van der Waals surface area contributed by atoms with Crippen molar-refractivity contribution in [2.24, 2.45) is 0 Å². The molecule has 1 aromatic rings. The first-order valence-corrected chi connectivity index (χ1v) is 10.4. The number of nitrogens with zero attached hydrogens (tertiary/aromatic N) is 2. The Bertz CT molecular complexity index is 719. The molecule has 0 aromatic heterocycles. The molecule has 1 amide bonds. The van der Waals surface area contributed by atoms with Gasteiger partial charge in [0.2, 0.25) is 10.0 Å². The number of rotatable bonds is 6. The average molecular weight is 419 g/mol. The predicted molar refractivity (Wildman–Crippen MR) is 105 cm³/mol. The smallest absolute Gasteiger partial charge is 0.251 e. The first kappa shape index (κ1) is 22.1. The highest BCUT2D eigenvalue weighted by molar-refractivity contribution is 7.89. The molecule has 1 aromatic carbocycles. The third-order valence-corrected chi connectivity index (χ3v) is 6.52. The highest BCUT2D eigenvalue weighted by atomic mass is 35.5. The second-order valence-electron chi connectivity index (χ2n) is 6.39. The van der Waals surface area contributed by atoms with Gasteiger partial charge in [-0.3, -0.25) is 9.69 Å². The van der Waals surface area contributed by atoms with Crippen molar-refractivity contribution in [1.82, 2.24) is 19.8 Å². The lowest BCUT2D eigenvalue weighted by Gasteiger charge is -2.27. The van der Waals surface area contributed by atoms with Crippen molar-refractivity contribution in [3.05, 3.63) is 29.8 Å². The van der Waals surface area contributed by atoms with Crippen LogP contribution >= 0.6 is 12.4 Å². The maximum Gasteiger partial charge on any atom is 0.251 e. The molecule has 0 spiro atoms. The van der Waals surface area contributed by atoms with Gasteiger partial charge in [0.05, 0.1) is 18.1 Å². The first-order chi connectivity index (χ1) is 12.6. The van der Waals surface area contributed by atoms with Gasteiger partial charge in [-0.05, 0) is 18.2 Å². The number of ether oxygens (including phenoxy) is 1. The van der Waals surface area contributed by atoms with Crippen molar-refractivity contribution in [2.45, 2.75) is 4.90 Å². The van der Waals surface area contributed by atoms with Gasteiger partial charge in [-0.2, -0.15) is 4.31 Å². The number of hydrogen-bond acceptors (Lipinski definition) is 6. The summed E-state index contributed by atoms with van der Waals surface area (Å²) in [7, 11) is -3.60. The zero-order valence-corrected chi connectivity index (χ0v) is 16.9. The molecule has 2 aliphatic rings. The van der Waals surface area contributed by atoms with Crippen molar-refractivity contribution in [1.29, 1.82) is 0 Å². The van der Waals surface area contributed by atoms with Gasteiger partial charge in [0.1, 0.15) is 0 Å². The second-order valence-corrected chi connectivity index (χ2v) is 8.33. The molecular formula is C17H27ClN4O4S. The zero-order chi connectivity index (χ0) is 18.4. The number of morpholine rings is 1. The van der Waals surface area contributed by atoms with Crippen molar-refractivity contribution >= 4 is 28.3 Å². The molecular weight excluding hydrogens is 392 g/mol. The van der Waals surface area contributed by atoms with Crippen LogP contribution in [0.3, 0.4) is 0 Å². The van der Waals surface area contributed by atoms with E-state index in [1.807, 2.05) is 0 Å². The molecule has 0 bridgehead atoms. The second kappa shape index (κ2) is 10.4. The molecule has 0 radical (unpaired) electrons. The van der Waals surface area contributed by atoms with Crippen LogP contribution in [0.15, 0.2) is 29.2 Å². The Kier molecular flexibility index (Phi) is 8.46. The summed E-state index contributed by atoms with van der Waals surface area (Å²) in [6, 6.07) is 6.23. The maximum absolute atomic E-state index is 12.7. The van der Waals surface area contributed by atoms with Crippen LogP contribution in [0.1, 0.15) is 10.4 Å². The van der Waals surface area contributed by atoms with Gasteiger partial charge in [0.25, 0.3) is 5.91 Å². The predicted octanol–water partition coefficient (Wildman–Crippen LogP) is -0.236. The topological polar surface area (TPSA) is 91.0 Å². The van der Waals surface area contributed by atoms with Crippen LogP contribution in [-0.4, -0.2) is 89.1 Å². The Morgan fingerprint density at radius 3 is 2.56 bits per heavy atom. The summed E-state index contributed by atoms with van der Waals surface area (Å²) >= 11 is 0. The van der Waals surface area contributed by atoms with E-state index in [1.54, 1.807) is 12.1 Å². The van der Waals surface area contributed by atoms with Crippen molar-refractivity contribution in [3.63, 3.8) is 0 Å². The highest BCUT2D eigenvalue weighted by Crippen LogP contribution is 2.18. The lowest BCUT2D eigenvalue weighted by Crippen LogP contribution is -2.46. The normalized spacial score (nSPS) is 19.3. The van der Waals surface area contributed by atoms with Gasteiger partial charge in [0.15, 0.2) is 0 Å². The van der Waals surface area contributed by atoms with E-state index in [9.17, 15) is 13.2 Å². The average Bonchev–Trinajstić information content (AvgIpc) is 2.69. The Hall–Kier alpha value is -1.23. The van der Waals surface area contributed by atoms with Crippen LogP contribution in [0.4, 0.5) is 0 Å². The SMILES string of the molecule is Cl.O=C(NCCN1CCNCC1)c1cccc(S(=O)(=O)N2CCOCC2)c1. The number of piperazine rings is 1. The summed E-state index contributed by atoms with van der Waals surface area (Å²) in [6.07, 6.45) is 0. The third kappa shape index (κ3) is 5.87. The van der Waals surface area contributed by atoms with Crippen LogP contribution in [0.25, 0.3) is 0 Å². The van der Waals surface area contributed by atoms with Gasteiger partial charge in [-0.25, -0.2) is 8.42 Å². The summed E-state index contributed by atoms with van der Waals surface area (Å²) < 4.78 is 32.0. The molecule has 2 saturated heterocycles. The molecule has 2 heterocycles. The molecule has 2 aliphatic heterocycles. The molecule has 0 aliphatic carbocycles. The van der Waals surface area contributed by atoms with Gasteiger partial charge < -0.3 is 15.4 Å². The first-order valence-electron chi connectivity index (χ1n) is 8.96. The molecule has 10 heteroatoms. The fourth-order valence-electron chi connectivity index (χ4n) is 3.10. The number of halogens is 1. The number of carbonyl (C=O) groups excluding carboxylic acids is 1. The number of nitrogens with one attached hydrogen (secondary N) is 2. The van der Waals surface area contributed by atoms with E-state index in [-0.39, 0.29) is 23.2 Å². The Morgan fingerprint density at radius 2 is 1.85 bits per heavy atom. The molecule has 0 unspecified atom stereocenters. The molecule has 152 valence electrons. The van der Waals surface area contributed by atoms with E-state index >= 15 is 0 Å². The Balaban J connectivity index is 0.00000261. The standard InChI is InChI=1S/C17H26N4O4S.ClH/c22-17(19-6-9-20-7-4-18-5-8-20)15-2-1-3-16(14-15)26(23,24)21-10-12-25-13-11-21;/h1-3,14,18H,4-13H2,(H,19,22);1H. The van der Waals surface area contributed by atoms with Crippen LogP contribution < -0.4 is 10.6 Å². The van der Waals surface area contributed by atoms with E-state index in [1.165, 1.54) is 16.4 Å². The number of hydrogen-bond donors (Lipinski definition) is 2. The minimum atomic E-state index is -3.60. The monoisotopic (exact) mass is 418 g/mol. The molecule has 2 N–H and O–H groups in total. The highest BCUT2D eigenvalue weighted by Gasteiger charge is 2.26. The quantitative estimate of drug-likeness (QED) is 0.663. The maximum atomic E-state index is 12.7. The van der Waals surface area contributed by atoms with Crippen LogP contribution in [0.2, 0.25) is 0 Å². The molecule has 0 atom stereocenters. The summed E-state index contributed by atoms with van der Waals surface area (Å²) in [5.41, 5.74) is 0.361. The number of amides is 1. The van der Waals surface area contributed by atoms with E-state index < -0.39 is 10.0 Å². The van der Waals surface area contributed by atoms with Gasteiger partial charge in [0, 0.05) is 57.9 Å². The minimum Gasteiger partial charge on any atom is -0.379 e. The summed E-state index contributed by atoms with van der Waals surface area (Å²) in [5, 5.41) is 6.16. The Labute approximate surface area is 166 Å². The van der Waals surface area contributed by atoms with Gasteiger partial charge >= 0.3 is 0 Å². The minimum absolute atomic E-state index is 0. The fraction of sp³-hybridized carbons (Fsp3) is 0.588. The summed E-state index contributed by atoms with van der Waals surface area (Å²) in [5.74, 6) is -0.251. The Morgan fingerprint density at radius 1 is 1.15 bits per heavy atom. The molecule has 27 heavy (non-hydrogen) atoms. The number of benzene rings is 1. The van der Waals surface area contributed by atoms with E-state index in [0.29, 0.717) is 38.4 Å². The zero-order valence-electron chi connectivity index (χ0n) is 15.2. The number of carbonyl (C=O) groups is 1. The molecule has 8 nitrogen and oxygen atoms in total. The summed E-state index contributed by atoms with van der Waals surface area (Å²) in [6.45, 7) is 6.68. The van der Waals surface area contributed by atoms with E-state index in [2.05, 4.69) is 15.5 Å². The summed E-state index contributed by atoms with van der Waals surface area (Å²) in [4.78, 5) is 14.8. The van der Waals surface area contributed by atoms with Crippen molar-refractivity contribution in [3.8, 4) is 0 Å². The lowest BCUT2D eigenvalue weighted by atomic mass is 10.2. The molecule has 2 fully saturated rings. The molecule has 3 rings (SSSR count). The third-order valence-electron chi connectivity index (χ3n) is 4.63. The fourth-order valence-corrected chi connectivity index (χ4v) is 4.55. The largest absolute Gasteiger partial charge is 0.379 e.